The number of anilines is 1. The lowest BCUT2D eigenvalue weighted by atomic mass is 10.3. The summed E-state index contributed by atoms with van der Waals surface area (Å²) in [6.45, 7) is 0. The lowest BCUT2D eigenvalue weighted by Crippen LogP contribution is -2.13. The Morgan fingerprint density at radius 2 is 1.74 bits per heavy atom. The molecule has 0 spiro atoms. The Kier molecular flexibility index (Phi) is 3.17. The molecule has 1 N–H and O–H groups in total. The van der Waals surface area contributed by atoms with Gasteiger partial charge in [0.15, 0.2) is 0 Å². The first-order valence-corrected chi connectivity index (χ1v) is 8.80. The van der Waals surface area contributed by atoms with Crippen LogP contribution in [0.15, 0.2) is 53.7 Å². The third kappa shape index (κ3) is 2.49. The molecule has 2 aromatic heterocycles. The molecule has 0 aliphatic rings. The predicted octanol–water partition coefficient (Wildman–Crippen LogP) is 2.44. The van der Waals surface area contributed by atoms with Crippen LogP contribution in [0.5, 0.6) is 0 Å². The van der Waals surface area contributed by atoms with Gasteiger partial charge < -0.3 is 0 Å². The van der Waals surface area contributed by atoms with E-state index in [9.17, 15) is 8.42 Å². The van der Waals surface area contributed by atoms with Crippen molar-refractivity contribution in [2.24, 2.45) is 0 Å². The third-order valence-corrected chi connectivity index (χ3v) is 5.22. The fourth-order valence-corrected chi connectivity index (χ4v) is 4.05. The molecule has 0 saturated carbocycles. The van der Waals surface area contributed by atoms with Gasteiger partial charge >= 0.3 is 0 Å². The van der Waals surface area contributed by atoms with Gasteiger partial charge in [-0.05, 0) is 30.3 Å². The highest BCUT2D eigenvalue weighted by Crippen LogP contribution is 2.24. The summed E-state index contributed by atoms with van der Waals surface area (Å²) in [6, 6.07) is 9.87. The van der Waals surface area contributed by atoms with Crippen LogP contribution in [0.1, 0.15) is 0 Å². The van der Waals surface area contributed by atoms with Crippen LogP contribution >= 0.6 is 11.7 Å². The number of hydrogen-bond donors (Lipinski definition) is 1. The summed E-state index contributed by atoms with van der Waals surface area (Å²) >= 11 is 0.981. The van der Waals surface area contributed by atoms with E-state index in [0.717, 1.165) is 11.7 Å². The third-order valence-electron chi connectivity index (χ3n) is 3.26. The molecule has 0 unspecified atom stereocenters. The molecule has 0 aliphatic carbocycles. The summed E-state index contributed by atoms with van der Waals surface area (Å²) in [5.41, 5.74) is 2.65. The Labute approximate surface area is 135 Å². The highest BCUT2D eigenvalue weighted by Gasteiger charge is 2.19. The molecule has 23 heavy (non-hydrogen) atoms. The lowest BCUT2D eigenvalue weighted by molar-refractivity contribution is 0.602. The van der Waals surface area contributed by atoms with Gasteiger partial charge in [0.25, 0.3) is 10.0 Å². The smallest absolute Gasteiger partial charge is 0.264 e. The SMILES string of the molecule is O=S(=O)(Nc1ccc2nccnc2c1)c1cccc2nsnc12. The molecule has 0 amide bonds. The highest BCUT2D eigenvalue weighted by atomic mass is 32.2. The summed E-state index contributed by atoms with van der Waals surface area (Å²) < 4.78 is 36.0. The Morgan fingerprint density at radius 3 is 2.61 bits per heavy atom. The van der Waals surface area contributed by atoms with E-state index in [1.54, 1.807) is 42.7 Å². The van der Waals surface area contributed by atoms with Crippen LogP contribution in [0.3, 0.4) is 0 Å². The predicted molar refractivity (Wildman–Crippen MR) is 87.8 cm³/mol. The zero-order valence-electron chi connectivity index (χ0n) is 11.5. The van der Waals surface area contributed by atoms with Gasteiger partial charge in [-0.3, -0.25) is 14.7 Å². The van der Waals surface area contributed by atoms with Crippen molar-refractivity contribution in [2.45, 2.75) is 4.90 Å². The van der Waals surface area contributed by atoms with Crippen LogP contribution in [-0.4, -0.2) is 27.1 Å². The van der Waals surface area contributed by atoms with Gasteiger partial charge in [-0.1, -0.05) is 6.07 Å². The molecule has 0 saturated heterocycles. The number of rotatable bonds is 3. The van der Waals surface area contributed by atoms with E-state index in [4.69, 9.17) is 0 Å². The summed E-state index contributed by atoms with van der Waals surface area (Å²) in [5, 5.41) is 0. The summed E-state index contributed by atoms with van der Waals surface area (Å²) in [5.74, 6) is 0. The van der Waals surface area contributed by atoms with Crippen molar-refractivity contribution in [2.75, 3.05) is 4.72 Å². The molecule has 4 aromatic rings. The fraction of sp³-hybridized carbons (Fsp3) is 0. The molecule has 9 heteroatoms. The van der Waals surface area contributed by atoms with Gasteiger partial charge in [0.05, 0.1) is 28.4 Å². The van der Waals surface area contributed by atoms with Gasteiger partial charge in [0.1, 0.15) is 15.9 Å². The monoisotopic (exact) mass is 343 g/mol. The average Bonchev–Trinajstić information content (AvgIpc) is 3.02. The highest BCUT2D eigenvalue weighted by molar-refractivity contribution is 7.93. The Hall–Kier alpha value is -2.65. The minimum absolute atomic E-state index is 0.1000. The molecular formula is C14H9N5O2S2. The first kappa shape index (κ1) is 14.0. The molecule has 2 heterocycles. The van der Waals surface area contributed by atoms with Gasteiger partial charge in [-0.2, -0.15) is 8.75 Å². The molecule has 4 rings (SSSR count). The second kappa shape index (κ2) is 5.21. The zero-order chi connectivity index (χ0) is 15.9. The second-order valence-electron chi connectivity index (χ2n) is 4.75. The average molecular weight is 343 g/mol. The van der Waals surface area contributed by atoms with Crippen LogP contribution in [0, 0.1) is 0 Å². The normalized spacial score (nSPS) is 11.8. The van der Waals surface area contributed by atoms with Crippen molar-refractivity contribution in [3.8, 4) is 0 Å². The minimum atomic E-state index is -3.77. The first-order chi connectivity index (χ1) is 11.1. The molecule has 0 atom stereocenters. The number of sulfonamides is 1. The van der Waals surface area contributed by atoms with Crippen LogP contribution in [0.25, 0.3) is 22.1 Å². The zero-order valence-corrected chi connectivity index (χ0v) is 13.2. The molecule has 2 aromatic carbocycles. The van der Waals surface area contributed by atoms with Crippen LogP contribution in [-0.2, 0) is 10.0 Å². The van der Waals surface area contributed by atoms with E-state index >= 15 is 0 Å². The van der Waals surface area contributed by atoms with E-state index in [1.807, 2.05) is 0 Å². The summed E-state index contributed by atoms with van der Waals surface area (Å²) in [4.78, 5) is 8.42. The number of nitrogens with one attached hydrogen (secondary N) is 1. The minimum Gasteiger partial charge on any atom is -0.279 e. The van der Waals surface area contributed by atoms with E-state index in [2.05, 4.69) is 23.4 Å². The van der Waals surface area contributed by atoms with Gasteiger partial charge in [0, 0.05) is 12.4 Å². The molecule has 7 nitrogen and oxygen atoms in total. The number of fused-ring (bicyclic) bond motifs is 2. The largest absolute Gasteiger partial charge is 0.279 e. The molecule has 0 aliphatic heterocycles. The van der Waals surface area contributed by atoms with Crippen LogP contribution in [0.4, 0.5) is 5.69 Å². The maximum atomic E-state index is 12.6. The number of benzene rings is 2. The molecule has 0 bridgehead atoms. The topological polar surface area (TPSA) is 97.7 Å². The molecule has 114 valence electrons. The second-order valence-corrected chi connectivity index (χ2v) is 6.93. The van der Waals surface area contributed by atoms with Crippen molar-refractivity contribution in [1.29, 1.82) is 0 Å². The standard InChI is InChI=1S/C14H9N5O2S2/c20-23(21,13-3-1-2-11-14(13)18-22-17-11)19-9-4-5-10-12(8-9)16-7-6-15-10/h1-8,19H. The maximum Gasteiger partial charge on any atom is 0.264 e. The number of aromatic nitrogens is 4. The lowest BCUT2D eigenvalue weighted by Gasteiger charge is -2.08. The van der Waals surface area contributed by atoms with E-state index in [0.29, 0.717) is 27.8 Å². The Bertz CT molecular complexity index is 1120. The van der Waals surface area contributed by atoms with E-state index in [-0.39, 0.29) is 4.90 Å². The maximum absolute atomic E-state index is 12.6. The van der Waals surface area contributed by atoms with Gasteiger partial charge in [-0.15, -0.1) is 0 Å². The van der Waals surface area contributed by atoms with Gasteiger partial charge in [0.2, 0.25) is 0 Å². The van der Waals surface area contributed by atoms with Crippen LogP contribution < -0.4 is 4.72 Å². The molecular weight excluding hydrogens is 334 g/mol. The van der Waals surface area contributed by atoms with Gasteiger partial charge in [-0.25, -0.2) is 8.42 Å². The fourth-order valence-electron chi connectivity index (χ4n) is 2.24. The quantitative estimate of drug-likeness (QED) is 0.613. The molecule has 0 radical (unpaired) electrons. The van der Waals surface area contributed by atoms with Crippen molar-refractivity contribution in [3.63, 3.8) is 0 Å². The van der Waals surface area contributed by atoms with Crippen molar-refractivity contribution < 1.29 is 8.42 Å². The van der Waals surface area contributed by atoms with E-state index in [1.165, 1.54) is 6.07 Å². The van der Waals surface area contributed by atoms with Crippen molar-refractivity contribution >= 4 is 49.5 Å². The molecule has 0 fully saturated rings. The van der Waals surface area contributed by atoms with Crippen LogP contribution in [0.2, 0.25) is 0 Å². The summed E-state index contributed by atoms with van der Waals surface area (Å²) in [6.07, 6.45) is 3.14. The number of hydrogen-bond acceptors (Lipinski definition) is 7. The van der Waals surface area contributed by atoms with E-state index < -0.39 is 10.0 Å². The Balaban J connectivity index is 1.78. The summed E-state index contributed by atoms with van der Waals surface area (Å²) in [7, 11) is -3.77. The Morgan fingerprint density at radius 1 is 0.913 bits per heavy atom. The van der Waals surface area contributed by atoms with Crippen molar-refractivity contribution in [1.82, 2.24) is 18.7 Å². The first-order valence-electron chi connectivity index (χ1n) is 6.58. The van der Waals surface area contributed by atoms with Crippen molar-refractivity contribution in [3.05, 3.63) is 48.8 Å². The number of nitrogens with zero attached hydrogens (tertiary/aromatic N) is 4.